The maximum absolute atomic E-state index is 12.0. The molecule has 2 heterocycles. The molecule has 1 aromatic carbocycles. The van der Waals surface area contributed by atoms with Crippen molar-refractivity contribution in [1.29, 1.82) is 0 Å². The second-order valence-electron chi connectivity index (χ2n) is 4.75. The Labute approximate surface area is 125 Å². The number of hydrogen-bond donors (Lipinski definition) is 0. The van der Waals surface area contributed by atoms with Gasteiger partial charge in [-0.2, -0.15) is 9.36 Å². The third-order valence-electron chi connectivity index (χ3n) is 3.29. The van der Waals surface area contributed by atoms with Crippen LogP contribution in [0.15, 0.2) is 35.4 Å². The number of hydrogen-bond acceptors (Lipinski definition) is 5. The van der Waals surface area contributed by atoms with Crippen LogP contribution in [0, 0.1) is 5.92 Å². The number of carbonyl (C=O) groups excluding carboxylic acids is 1. The molecule has 2 aromatic rings. The van der Waals surface area contributed by atoms with Crippen LogP contribution in [-0.2, 0) is 4.79 Å². The standard InChI is InChI=1S/C13H12N6OS/c14-18-15-7-9-6-11(20)19(8-9)13-16-12(17-21-13)10-4-2-1-3-5-10/h1-5,9H,6-8H2. The van der Waals surface area contributed by atoms with Gasteiger partial charge in [0.1, 0.15) is 0 Å². The van der Waals surface area contributed by atoms with Crippen molar-refractivity contribution in [3.63, 3.8) is 0 Å². The predicted octanol–water partition coefficient (Wildman–Crippen LogP) is 2.87. The van der Waals surface area contributed by atoms with Crippen molar-refractivity contribution in [1.82, 2.24) is 9.36 Å². The Morgan fingerprint density at radius 3 is 3.00 bits per heavy atom. The van der Waals surface area contributed by atoms with E-state index in [1.807, 2.05) is 30.3 Å². The molecule has 7 nitrogen and oxygen atoms in total. The Morgan fingerprint density at radius 1 is 1.43 bits per heavy atom. The zero-order valence-electron chi connectivity index (χ0n) is 11.1. The number of amides is 1. The lowest BCUT2D eigenvalue weighted by molar-refractivity contribution is -0.117. The predicted molar refractivity (Wildman–Crippen MR) is 79.8 cm³/mol. The Bertz CT molecular complexity index is 694. The molecule has 1 atom stereocenters. The van der Waals surface area contributed by atoms with E-state index in [4.69, 9.17) is 5.53 Å². The van der Waals surface area contributed by atoms with Crippen LogP contribution < -0.4 is 4.90 Å². The molecule has 3 rings (SSSR count). The summed E-state index contributed by atoms with van der Waals surface area (Å²) in [6.07, 6.45) is 0.388. The summed E-state index contributed by atoms with van der Waals surface area (Å²) >= 11 is 1.21. The smallest absolute Gasteiger partial charge is 0.229 e. The van der Waals surface area contributed by atoms with Gasteiger partial charge >= 0.3 is 0 Å². The van der Waals surface area contributed by atoms with Gasteiger partial charge in [0.2, 0.25) is 11.0 Å². The van der Waals surface area contributed by atoms with Crippen LogP contribution in [-0.4, -0.2) is 28.4 Å². The number of carbonyl (C=O) groups is 1. The van der Waals surface area contributed by atoms with Crippen molar-refractivity contribution < 1.29 is 4.79 Å². The van der Waals surface area contributed by atoms with Crippen molar-refractivity contribution >= 4 is 22.6 Å². The molecule has 1 aliphatic rings. The Morgan fingerprint density at radius 2 is 2.24 bits per heavy atom. The molecule has 1 fully saturated rings. The molecule has 0 radical (unpaired) electrons. The van der Waals surface area contributed by atoms with E-state index in [0.717, 1.165) is 5.56 Å². The second kappa shape index (κ2) is 5.90. The minimum atomic E-state index is 0.00361. The molecule has 1 aromatic heterocycles. The maximum atomic E-state index is 12.0. The molecule has 0 saturated carbocycles. The Balaban J connectivity index is 1.77. The lowest BCUT2D eigenvalue weighted by Gasteiger charge is -2.11. The van der Waals surface area contributed by atoms with Gasteiger partial charge in [0, 0.05) is 41.5 Å². The summed E-state index contributed by atoms with van der Waals surface area (Å²) in [5.41, 5.74) is 9.27. The van der Waals surface area contributed by atoms with Crippen LogP contribution in [0.4, 0.5) is 5.13 Å². The van der Waals surface area contributed by atoms with Crippen LogP contribution in [0.2, 0.25) is 0 Å². The molecule has 1 amide bonds. The quantitative estimate of drug-likeness (QED) is 0.493. The number of rotatable bonds is 4. The summed E-state index contributed by atoms with van der Waals surface area (Å²) in [5, 5.41) is 4.14. The zero-order chi connectivity index (χ0) is 14.7. The number of benzene rings is 1. The minimum Gasteiger partial charge on any atom is -0.287 e. The molecule has 0 N–H and O–H groups in total. The summed E-state index contributed by atoms with van der Waals surface area (Å²) in [6, 6.07) is 9.64. The van der Waals surface area contributed by atoms with Gasteiger partial charge in [-0.15, -0.1) is 0 Å². The molecule has 1 aliphatic heterocycles. The summed E-state index contributed by atoms with van der Waals surface area (Å²) in [7, 11) is 0. The summed E-state index contributed by atoms with van der Waals surface area (Å²) in [4.78, 5) is 20.8. The van der Waals surface area contributed by atoms with E-state index >= 15 is 0 Å². The van der Waals surface area contributed by atoms with Gasteiger partial charge in [-0.1, -0.05) is 35.4 Å². The lowest BCUT2D eigenvalue weighted by atomic mass is 10.1. The first-order valence-corrected chi connectivity index (χ1v) is 7.25. The van der Waals surface area contributed by atoms with E-state index in [9.17, 15) is 4.79 Å². The number of nitrogens with zero attached hydrogens (tertiary/aromatic N) is 6. The topological polar surface area (TPSA) is 94.9 Å². The van der Waals surface area contributed by atoms with Crippen molar-refractivity contribution in [3.05, 3.63) is 40.8 Å². The Kier molecular flexibility index (Phi) is 3.81. The third kappa shape index (κ3) is 2.86. The van der Waals surface area contributed by atoms with E-state index in [2.05, 4.69) is 19.4 Å². The molecular weight excluding hydrogens is 288 g/mol. The summed E-state index contributed by atoms with van der Waals surface area (Å²) < 4.78 is 4.31. The van der Waals surface area contributed by atoms with E-state index in [0.29, 0.717) is 30.5 Å². The van der Waals surface area contributed by atoms with Gasteiger partial charge in [-0.25, -0.2) is 0 Å². The number of azide groups is 1. The largest absolute Gasteiger partial charge is 0.287 e. The second-order valence-corrected chi connectivity index (χ2v) is 5.48. The lowest BCUT2D eigenvalue weighted by Crippen LogP contribution is -2.24. The molecule has 0 aliphatic carbocycles. The molecule has 106 valence electrons. The molecule has 1 saturated heterocycles. The van der Waals surface area contributed by atoms with E-state index in [1.54, 1.807) is 4.90 Å². The molecular formula is C13H12N6OS. The fourth-order valence-corrected chi connectivity index (χ4v) is 2.99. The highest BCUT2D eigenvalue weighted by Gasteiger charge is 2.32. The van der Waals surface area contributed by atoms with Gasteiger partial charge in [0.05, 0.1) is 0 Å². The highest BCUT2D eigenvalue weighted by molar-refractivity contribution is 7.10. The number of aromatic nitrogens is 2. The molecule has 1 unspecified atom stereocenters. The average Bonchev–Trinajstić information content (AvgIpc) is 3.12. The first-order valence-electron chi connectivity index (χ1n) is 6.48. The SMILES string of the molecule is [N-]=[N+]=NCC1CC(=O)N(c2nc(-c3ccccc3)ns2)C1. The first kappa shape index (κ1) is 13.5. The van der Waals surface area contributed by atoms with Crippen molar-refractivity contribution in [2.45, 2.75) is 6.42 Å². The van der Waals surface area contributed by atoms with Crippen LogP contribution in [0.5, 0.6) is 0 Å². The Hall–Kier alpha value is -2.44. The van der Waals surface area contributed by atoms with Gasteiger partial charge < -0.3 is 0 Å². The van der Waals surface area contributed by atoms with Gasteiger partial charge in [0.15, 0.2) is 5.82 Å². The van der Waals surface area contributed by atoms with Gasteiger partial charge in [-0.05, 0) is 11.4 Å². The van der Waals surface area contributed by atoms with E-state index < -0.39 is 0 Å². The van der Waals surface area contributed by atoms with Crippen LogP contribution >= 0.6 is 11.5 Å². The summed E-state index contributed by atoms with van der Waals surface area (Å²) in [6.45, 7) is 0.865. The van der Waals surface area contributed by atoms with Crippen molar-refractivity contribution in [3.8, 4) is 11.4 Å². The normalized spacial score (nSPS) is 17.8. The molecule has 0 bridgehead atoms. The van der Waals surface area contributed by atoms with E-state index in [1.165, 1.54) is 11.5 Å². The monoisotopic (exact) mass is 300 g/mol. The van der Waals surface area contributed by atoms with Crippen LogP contribution in [0.1, 0.15) is 6.42 Å². The van der Waals surface area contributed by atoms with E-state index in [-0.39, 0.29) is 11.8 Å². The van der Waals surface area contributed by atoms with Crippen molar-refractivity contribution in [2.75, 3.05) is 18.0 Å². The minimum absolute atomic E-state index is 0.00361. The van der Waals surface area contributed by atoms with Gasteiger partial charge in [0.25, 0.3) is 0 Å². The highest BCUT2D eigenvalue weighted by Crippen LogP contribution is 2.29. The first-order chi connectivity index (χ1) is 10.3. The van der Waals surface area contributed by atoms with Crippen LogP contribution in [0.3, 0.4) is 0 Å². The zero-order valence-corrected chi connectivity index (χ0v) is 11.9. The van der Waals surface area contributed by atoms with Gasteiger partial charge in [-0.3, -0.25) is 9.69 Å². The fraction of sp³-hybridized carbons (Fsp3) is 0.308. The molecule has 21 heavy (non-hydrogen) atoms. The third-order valence-corrected chi connectivity index (χ3v) is 4.03. The number of anilines is 1. The molecule has 8 heteroatoms. The average molecular weight is 300 g/mol. The fourth-order valence-electron chi connectivity index (χ4n) is 2.27. The maximum Gasteiger partial charge on any atom is 0.229 e. The highest BCUT2D eigenvalue weighted by atomic mass is 32.1. The molecule has 0 spiro atoms. The van der Waals surface area contributed by atoms with Crippen molar-refractivity contribution in [2.24, 2.45) is 11.0 Å². The summed E-state index contributed by atoms with van der Waals surface area (Å²) in [5.74, 6) is 0.684. The van der Waals surface area contributed by atoms with Crippen LogP contribution in [0.25, 0.3) is 21.8 Å².